The Morgan fingerprint density at radius 2 is 2.08 bits per heavy atom. The molecule has 144 valence electrons. The number of ether oxygens (including phenoxy) is 2. The molecule has 3 rings (SSSR count). The quantitative estimate of drug-likeness (QED) is 0.659. The van der Waals surface area contributed by atoms with Gasteiger partial charge >= 0.3 is 0 Å². The molecule has 2 saturated heterocycles. The third kappa shape index (κ3) is 4.16. The molecule has 2 aliphatic heterocycles. The first-order valence-corrected chi connectivity index (χ1v) is 8.88. The minimum Gasteiger partial charge on any atom is -0.394 e. The van der Waals surface area contributed by atoms with Crippen molar-refractivity contribution in [1.82, 2.24) is 10.2 Å². The van der Waals surface area contributed by atoms with Gasteiger partial charge in [0.1, 0.15) is 18.0 Å². The lowest BCUT2D eigenvalue weighted by Crippen LogP contribution is -2.54. The summed E-state index contributed by atoms with van der Waals surface area (Å²) in [5.41, 5.74) is 0.233. The minimum absolute atomic E-state index is 0.128. The van der Waals surface area contributed by atoms with Crippen LogP contribution >= 0.6 is 11.6 Å². The Balaban J connectivity index is 1.65. The second kappa shape index (κ2) is 8.60. The van der Waals surface area contributed by atoms with Gasteiger partial charge in [-0.2, -0.15) is 0 Å². The number of nitrogens with zero attached hydrogens (tertiary/aromatic N) is 1. The number of benzene rings is 1. The Morgan fingerprint density at radius 3 is 2.73 bits per heavy atom. The number of hydrogen-bond acceptors (Lipinski definition) is 6. The van der Waals surface area contributed by atoms with E-state index in [1.165, 1.54) is 12.1 Å². The Hall–Kier alpha value is -1.29. The largest absolute Gasteiger partial charge is 0.394 e. The van der Waals surface area contributed by atoms with Crippen molar-refractivity contribution in [3.8, 4) is 0 Å². The minimum atomic E-state index is -0.861. The lowest BCUT2D eigenvalue weighted by molar-refractivity contribution is -0.0220. The second-order valence-corrected chi connectivity index (χ2v) is 6.77. The van der Waals surface area contributed by atoms with E-state index in [9.17, 15) is 19.4 Å². The van der Waals surface area contributed by atoms with Gasteiger partial charge in [-0.15, -0.1) is 0 Å². The molecule has 4 atom stereocenters. The normalized spacial score (nSPS) is 29.7. The first kappa shape index (κ1) is 19.5. The van der Waals surface area contributed by atoms with Crippen molar-refractivity contribution in [3.63, 3.8) is 0 Å². The molecule has 1 aromatic carbocycles. The van der Waals surface area contributed by atoms with Crippen molar-refractivity contribution in [1.29, 1.82) is 0 Å². The molecule has 0 aliphatic carbocycles. The monoisotopic (exact) mass is 388 g/mol. The Labute approximate surface area is 155 Å². The van der Waals surface area contributed by atoms with Gasteiger partial charge in [0.2, 0.25) is 0 Å². The van der Waals surface area contributed by atoms with Crippen LogP contribution in [0.15, 0.2) is 18.2 Å². The summed E-state index contributed by atoms with van der Waals surface area (Å²) >= 11 is 5.71. The molecule has 1 aromatic rings. The van der Waals surface area contributed by atoms with Crippen LogP contribution < -0.4 is 5.32 Å². The summed E-state index contributed by atoms with van der Waals surface area (Å²) in [5, 5.41) is 22.5. The van der Waals surface area contributed by atoms with E-state index >= 15 is 0 Å². The standard InChI is InChI=1S/C17H22ClFN2O5/c18-11-7-10(1-2-12(11)19)17(24)20-8-13-15(16(23)14(9-22)26-13)21-3-5-25-6-4-21/h1-2,7,13-16,22-23H,3-6,8-9H2,(H,20,24)/t13-,14+,15+,16-/m1/s1. The summed E-state index contributed by atoms with van der Waals surface area (Å²) < 4.78 is 24.3. The molecule has 7 nitrogen and oxygen atoms in total. The number of nitrogens with one attached hydrogen (secondary N) is 1. The van der Waals surface area contributed by atoms with Crippen molar-refractivity contribution < 1.29 is 28.9 Å². The molecular formula is C17H22ClFN2O5. The Morgan fingerprint density at radius 1 is 1.35 bits per heavy atom. The van der Waals surface area contributed by atoms with Gasteiger partial charge in [0, 0.05) is 25.2 Å². The number of halogens is 2. The molecule has 0 saturated carbocycles. The summed E-state index contributed by atoms with van der Waals surface area (Å²) in [6, 6.07) is 3.38. The molecule has 26 heavy (non-hydrogen) atoms. The van der Waals surface area contributed by atoms with E-state index in [1.807, 2.05) is 0 Å². The maximum atomic E-state index is 13.2. The number of amides is 1. The first-order chi connectivity index (χ1) is 12.5. The molecule has 0 radical (unpaired) electrons. The fraction of sp³-hybridized carbons (Fsp3) is 0.588. The number of carbonyl (C=O) groups is 1. The highest BCUT2D eigenvalue weighted by Gasteiger charge is 2.46. The van der Waals surface area contributed by atoms with Crippen LogP contribution in [0.3, 0.4) is 0 Å². The molecule has 0 unspecified atom stereocenters. The number of aliphatic hydroxyl groups is 2. The van der Waals surface area contributed by atoms with Gasteiger partial charge in [-0.3, -0.25) is 9.69 Å². The van der Waals surface area contributed by atoms with Gasteiger partial charge in [-0.05, 0) is 18.2 Å². The number of aliphatic hydroxyl groups excluding tert-OH is 2. The molecule has 0 bridgehead atoms. The highest BCUT2D eigenvalue weighted by molar-refractivity contribution is 6.31. The molecule has 2 fully saturated rings. The zero-order valence-electron chi connectivity index (χ0n) is 14.1. The number of hydrogen-bond donors (Lipinski definition) is 3. The van der Waals surface area contributed by atoms with E-state index in [0.29, 0.717) is 26.3 Å². The fourth-order valence-electron chi connectivity index (χ4n) is 3.40. The molecule has 1 amide bonds. The Kier molecular flexibility index (Phi) is 6.44. The predicted octanol–water partition coefficient (Wildman–Crippen LogP) is 0.0303. The van der Waals surface area contributed by atoms with Crippen molar-refractivity contribution >= 4 is 17.5 Å². The van der Waals surface area contributed by atoms with Crippen molar-refractivity contribution in [2.45, 2.75) is 24.4 Å². The van der Waals surface area contributed by atoms with E-state index in [1.54, 1.807) is 0 Å². The van der Waals surface area contributed by atoms with Gasteiger partial charge in [0.25, 0.3) is 5.91 Å². The van der Waals surface area contributed by atoms with Crippen molar-refractivity contribution in [3.05, 3.63) is 34.6 Å². The molecule has 0 spiro atoms. The lowest BCUT2D eigenvalue weighted by atomic mass is 10.0. The van der Waals surface area contributed by atoms with Gasteiger partial charge in [-0.25, -0.2) is 4.39 Å². The van der Waals surface area contributed by atoms with Crippen LogP contribution in [0.1, 0.15) is 10.4 Å². The van der Waals surface area contributed by atoms with Crippen LogP contribution in [0.25, 0.3) is 0 Å². The topological polar surface area (TPSA) is 91.3 Å². The highest BCUT2D eigenvalue weighted by Crippen LogP contribution is 2.26. The zero-order valence-corrected chi connectivity index (χ0v) is 14.9. The van der Waals surface area contributed by atoms with Crippen LogP contribution in [-0.4, -0.2) is 84.8 Å². The number of morpholine rings is 1. The molecule has 3 N–H and O–H groups in total. The molecule has 0 aromatic heterocycles. The fourth-order valence-corrected chi connectivity index (χ4v) is 3.59. The second-order valence-electron chi connectivity index (χ2n) is 6.36. The summed E-state index contributed by atoms with van der Waals surface area (Å²) in [7, 11) is 0. The van der Waals surface area contributed by atoms with Crippen molar-refractivity contribution in [2.24, 2.45) is 0 Å². The first-order valence-electron chi connectivity index (χ1n) is 8.50. The summed E-state index contributed by atoms with van der Waals surface area (Å²) in [5.74, 6) is -1.01. The maximum Gasteiger partial charge on any atom is 0.251 e. The van der Waals surface area contributed by atoms with Crippen LogP contribution in [0, 0.1) is 5.82 Å². The lowest BCUT2D eigenvalue weighted by Gasteiger charge is -2.36. The number of carbonyl (C=O) groups excluding carboxylic acids is 1. The van der Waals surface area contributed by atoms with Crippen LogP contribution in [0.5, 0.6) is 0 Å². The van der Waals surface area contributed by atoms with E-state index in [2.05, 4.69) is 10.2 Å². The van der Waals surface area contributed by atoms with E-state index in [4.69, 9.17) is 21.1 Å². The molecule has 2 heterocycles. The van der Waals surface area contributed by atoms with E-state index in [-0.39, 0.29) is 29.8 Å². The zero-order chi connectivity index (χ0) is 18.7. The third-order valence-corrected chi connectivity index (χ3v) is 5.04. The van der Waals surface area contributed by atoms with Crippen LogP contribution in [0.4, 0.5) is 4.39 Å². The van der Waals surface area contributed by atoms with Crippen LogP contribution in [0.2, 0.25) is 5.02 Å². The average Bonchev–Trinajstić information content (AvgIpc) is 2.98. The molecular weight excluding hydrogens is 367 g/mol. The third-order valence-electron chi connectivity index (χ3n) is 4.75. The van der Waals surface area contributed by atoms with Gasteiger partial charge < -0.3 is 25.0 Å². The highest BCUT2D eigenvalue weighted by atomic mass is 35.5. The van der Waals surface area contributed by atoms with Crippen LogP contribution in [-0.2, 0) is 9.47 Å². The average molecular weight is 389 g/mol. The molecule has 2 aliphatic rings. The van der Waals surface area contributed by atoms with Gasteiger partial charge in [0.15, 0.2) is 0 Å². The smallest absolute Gasteiger partial charge is 0.251 e. The van der Waals surface area contributed by atoms with Gasteiger partial charge in [-0.1, -0.05) is 11.6 Å². The molecule has 9 heteroatoms. The van der Waals surface area contributed by atoms with Gasteiger partial charge in [0.05, 0.1) is 37.0 Å². The number of rotatable bonds is 5. The Bertz CT molecular complexity index is 644. The summed E-state index contributed by atoms with van der Waals surface area (Å²) in [6.45, 7) is 2.23. The van der Waals surface area contributed by atoms with Crippen molar-refractivity contribution in [2.75, 3.05) is 39.5 Å². The van der Waals surface area contributed by atoms with E-state index < -0.39 is 30.0 Å². The summed E-state index contributed by atoms with van der Waals surface area (Å²) in [6.07, 6.45) is -2.05. The van der Waals surface area contributed by atoms with E-state index in [0.717, 1.165) is 6.07 Å². The maximum absolute atomic E-state index is 13.2. The predicted molar refractivity (Wildman–Crippen MR) is 91.7 cm³/mol. The summed E-state index contributed by atoms with van der Waals surface area (Å²) in [4.78, 5) is 14.3. The SMILES string of the molecule is O=C(NC[C@H]1O[C@@H](CO)[C@@H](O)[C@H]1N1CCOCC1)c1ccc(F)c(Cl)c1.